The second-order valence-electron chi connectivity index (χ2n) is 7.34. The highest BCUT2D eigenvalue weighted by Crippen LogP contribution is 2.36. The molecule has 4 rings (SSSR count). The molecule has 0 saturated carbocycles. The number of likely N-dealkylation sites (tertiary alicyclic amines) is 1. The second-order valence-corrected chi connectivity index (χ2v) is 8.15. The van der Waals surface area contributed by atoms with Crippen molar-refractivity contribution in [1.82, 2.24) is 24.4 Å². The summed E-state index contributed by atoms with van der Waals surface area (Å²) in [4.78, 5) is 13.9. The SMILES string of the molecule is Nc1ncc(F)c(-c2cn(C3CCN(CCC(F)(F)F)CC3)c3cnc(Br)cc23)n1. The molecule has 1 aliphatic rings. The van der Waals surface area contributed by atoms with Gasteiger partial charge in [-0.25, -0.2) is 19.3 Å². The Hall–Kier alpha value is -2.27. The summed E-state index contributed by atoms with van der Waals surface area (Å²) < 4.78 is 54.5. The molecule has 6 nitrogen and oxygen atoms in total. The van der Waals surface area contributed by atoms with Gasteiger partial charge in [0.05, 0.1) is 24.3 Å². The highest BCUT2D eigenvalue weighted by molar-refractivity contribution is 9.10. The molecule has 30 heavy (non-hydrogen) atoms. The third-order valence-electron chi connectivity index (χ3n) is 5.37. The number of piperidine rings is 1. The lowest BCUT2D eigenvalue weighted by molar-refractivity contribution is -0.138. The van der Waals surface area contributed by atoms with Gasteiger partial charge < -0.3 is 15.2 Å². The predicted molar refractivity (Wildman–Crippen MR) is 108 cm³/mol. The molecule has 11 heteroatoms. The molecular weight excluding hydrogens is 468 g/mol. The molecule has 3 aromatic rings. The molecule has 0 amide bonds. The highest BCUT2D eigenvalue weighted by atomic mass is 79.9. The Balaban J connectivity index is 1.64. The minimum Gasteiger partial charge on any atom is -0.368 e. The number of pyridine rings is 1. The minimum absolute atomic E-state index is 0.00776. The maximum absolute atomic E-state index is 14.5. The van der Waals surface area contributed by atoms with Crippen LogP contribution in [0.3, 0.4) is 0 Å². The molecule has 1 aliphatic heterocycles. The lowest BCUT2D eigenvalue weighted by atomic mass is 10.0. The summed E-state index contributed by atoms with van der Waals surface area (Å²) in [6.07, 6.45) is 0.972. The molecule has 2 N–H and O–H groups in total. The first-order valence-electron chi connectivity index (χ1n) is 9.45. The van der Waals surface area contributed by atoms with E-state index in [1.54, 1.807) is 12.3 Å². The quantitative estimate of drug-likeness (QED) is 0.432. The predicted octanol–water partition coefficient (Wildman–Crippen LogP) is 4.57. The number of nitrogens with zero attached hydrogens (tertiary/aromatic N) is 5. The fraction of sp³-hybridized carbons (Fsp3) is 0.421. The highest BCUT2D eigenvalue weighted by Gasteiger charge is 2.30. The van der Waals surface area contributed by atoms with Crippen molar-refractivity contribution in [3.8, 4) is 11.3 Å². The molecule has 0 spiro atoms. The number of hydrogen-bond acceptors (Lipinski definition) is 5. The van der Waals surface area contributed by atoms with Gasteiger partial charge in [-0.2, -0.15) is 13.2 Å². The molecule has 3 aromatic heterocycles. The van der Waals surface area contributed by atoms with E-state index in [-0.39, 0.29) is 24.2 Å². The van der Waals surface area contributed by atoms with Gasteiger partial charge >= 0.3 is 6.18 Å². The van der Waals surface area contributed by atoms with Crippen molar-refractivity contribution < 1.29 is 17.6 Å². The van der Waals surface area contributed by atoms with Crippen LogP contribution in [0.4, 0.5) is 23.5 Å². The van der Waals surface area contributed by atoms with Crippen LogP contribution in [0.25, 0.3) is 22.2 Å². The Morgan fingerprint density at radius 2 is 1.90 bits per heavy atom. The van der Waals surface area contributed by atoms with Crippen LogP contribution in [0.15, 0.2) is 29.3 Å². The average Bonchev–Trinajstić information content (AvgIpc) is 3.06. The number of anilines is 1. The van der Waals surface area contributed by atoms with Gasteiger partial charge in [0.1, 0.15) is 10.3 Å². The van der Waals surface area contributed by atoms with Crippen molar-refractivity contribution in [2.45, 2.75) is 31.5 Å². The molecule has 0 unspecified atom stereocenters. The van der Waals surface area contributed by atoms with Crippen molar-refractivity contribution in [3.05, 3.63) is 35.1 Å². The van der Waals surface area contributed by atoms with Crippen LogP contribution in [0.2, 0.25) is 0 Å². The van der Waals surface area contributed by atoms with E-state index in [0.29, 0.717) is 36.1 Å². The van der Waals surface area contributed by atoms with Crippen LogP contribution in [0.1, 0.15) is 25.3 Å². The Morgan fingerprint density at radius 1 is 1.17 bits per heavy atom. The van der Waals surface area contributed by atoms with Gasteiger partial charge in [0.2, 0.25) is 5.95 Å². The second kappa shape index (κ2) is 8.10. The van der Waals surface area contributed by atoms with E-state index < -0.39 is 18.4 Å². The van der Waals surface area contributed by atoms with Crippen molar-refractivity contribution in [2.75, 3.05) is 25.4 Å². The zero-order chi connectivity index (χ0) is 21.5. The van der Waals surface area contributed by atoms with Crippen LogP contribution >= 0.6 is 15.9 Å². The van der Waals surface area contributed by atoms with E-state index in [9.17, 15) is 17.6 Å². The molecule has 0 radical (unpaired) electrons. The van der Waals surface area contributed by atoms with E-state index in [1.165, 1.54) is 0 Å². The van der Waals surface area contributed by atoms with Crippen LogP contribution < -0.4 is 5.73 Å². The van der Waals surface area contributed by atoms with Gasteiger partial charge in [-0.1, -0.05) is 0 Å². The lowest BCUT2D eigenvalue weighted by Crippen LogP contribution is -2.36. The molecule has 0 aliphatic carbocycles. The summed E-state index contributed by atoms with van der Waals surface area (Å²) in [7, 11) is 0. The smallest absolute Gasteiger partial charge is 0.368 e. The number of nitrogen functional groups attached to an aromatic ring is 1. The van der Waals surface area contributed by atoms with Crippen LogP contribution in [0.5, 0.6) is 0 Å². The summed E-state index contributed by atoms with van der Waals surface area (Å²) in [6, 6.07) is 1.85. The molecule has 0 aromatic carbocycles. The summed E-state index contributed by atoms with van der Waals surface area (Å²) in [6.45, 7) is 1.14. The standard InChI is InChI=1S/C19H19BrF4N6/c20-16-7-12-13(17-14(21)8-27-18(25)28-17)10-30(15(12)9-26-16)11-1-4-29(5-2-11)6-3-19(22,23)24/h7-11H,1-6H2,(H2,25,27,28). The Morgan fingerprint density at radius 3 is 2.60 bits per heavy atom. The van der Waals surface area contributed by atoms with Crippen molar-refractivity contribution in [1.29, 1.82) is 0 Å². The number of halogens is 5. The lowest BCUT2D eigenvalue weighted by Gasteiger charge is -2.33. The fourth-order valence-electron chi connectivity index (χ4n) is 3.89. The first-order chi connectivity index (χ1) is 14.2. The third-order valence-corrected chi connectivity index (χ3v) is 5.80. The molecular formula is C19H19BrF4N6. The zero-order valence-corrected chi connectivity index (χ0v) is 17.4. The van der Waals surface area contributed by atoms with E-state index >= 15 is 0 Å². The van der Waals surface area contributed by atoms with Gasteiger partial charge in [-0.05, 0) is 34.8 Å². The average molecular weight is 487 g/mol. The topological polar surface area (TPSA) is 72.9 Å². The third kappa shape index (κ3) is 4.41. The van der Waals surface area contributed by atoms with Gasteiger partial charge in [0.15, 0.2) is 5.82 Å². The summed E-state index contributed by atoms with van der Waals surface area (Å²) in [5, 5.41) is 0.758. The first kappa shape index (κ1) is 21.0. The van der Waals surface area contributed by atoms with E-state index in [2.05, 4.69) is 30.9 Å². The molecule has 0 bridgehead atoms. The zero-order valence-electron chi connectivity index (χ0n) is 15.8. The molecule has 1 saturated heterocycles. The first-order valence-corrected chi connectivity index (χ1v) is 10.2. The van der Waals surface area contributed by atoms with Gasteiger partial charge in [-0.3, -0.25) is 0 Å². The van der Waals surface area contributed by atoms with Gasteiger partial charge in [0.25, 0.3) is 0 Å². The normalized spacial score (nSPS) is 16.4. The number of aromatic nitrogens is 4. The Labute approximate surface area is 178 Å². The number of fused-ring (bicyclic) bond motifs is 1. The number of alkyl halides is 3. The van der Waals surface area contributed by atoms with Crippen molar-refractivity contribution in [3.63, 3.8) is 0 Å². The maximum Gasteiger partial charge on any atom is 0.390 e. The number of hydrogen-bond donors (Lipinski definition) is 1. The number of rotatable bonds is 4. The van der Waals surface area contributed by atoms with Crippen molar-refractivity contribution in [2.24, 2.45) is 0 Å². The molecule has 4 heterocycles. The van der Waals surface area contributed by atoms with E-state index in [1.807, 2.05) is 15.7 Å². The summed E-state index contributed by atoms with van der Waals surface area (Å²) in [5.41, 5.74) is 7.14. The van der Waals surface area contributed by atoms with E-state index in [4.69, 9.17) is 5.73 Å². The monoisotopic (exact) mass is 486 g/mol. The minimum atomic E-state index is -4.15. The van der Waals surface area contributed by atoms with E-state index in [0.717, 1.165) is 17.1 Å². The molecule has 160 valence electrons. The molecule has 0 atom stereocenters. The van der Waals surface area contributed by atoms with Crippen molar-refractivity contribution >= 4 is 32.8 Å². The molecule has 1 fully saturated rings. The van der Waals surface area contributed by atoms with Crippen LogP contribution in [0, 0.1) is 5.82 Å². The summed E-state index contributed by atoms with van der Waals surface area (Å²) >= 11 is 3.35. The maximum atomic E-state index is 14.5. The Kier molecular flexibility index (Phi) is 5.67. The van der Waals surface area contributed by atoms with Crippen LogP contribution in [-0.4, -0.2) is 50.2 Å². The van der Waals surface area contributed by atoms with Crippen LogP contribution in [-0.2, 0) is 0 Å². The van der Waals surface area contributed by atoms with Gasteiger partial charge in [-0.15, -0.1) is 0 Å². The Bertz CT molecular complexity index is 1060. The number of nitrogens with two attached hydrogens (primary N) is 1. The summed E-state index contributed by atoms with van der Waals surface area (Å²) in [5.74, 6) is -0.614. The fourth-order valence-corrected chi connectivity index (χ4v) is 4.22. The van der Waals surface area contributed by atoms with Gasteiger partial charge in [0, 0.05) is 42.8 Å². The largest absolute Gasteiger partial charge is 0.390 e.